The van der Waals surface area contributed by atoms with E-state index in [0.717, 1.165) is 29.6 Å². The molecule has 4 bridgehead atoms. The van der Waals surface area contributed by atoms with Crippen molar-refractivity contribution in [1.29, 1.82) is 0 Å². The summed E-state index contributed by atoms with van der Waals surface area (Å²) in [6, 6.07) is 18.8. The fourth-order valence-electron chi connectivity index (χ4n) is 6.43. The second kappa shape index (κ2) is 6.01. The zero-order valence-electron chi connectivity index (χ0n) is 15.6. The molecule has 0 atom stereocenters. The average Bonchev–Trinajstić information content (AvgIpc) is 2.61. The van der Waals surface area contributed by atoms with E-state index in [1.165, 1.54) is 42.4 Å². The summed E-state index contributed by atoms with van der Waals surface area (Å²) < 4.78 is 0. The summed E-state index contributed by atoms with van der Waals surface area (Å²) in [5, 5.41) is 0. The van der Waals surface area contributed by atoms with Gasteiger partial charge in [-0.25, -0.2) is 0 Å². The Morgan fingerprint density at radius 2 is 1.12 bits per heavy atom. The molecule has 0 N–H and O–H groups in total. The summed E-state index contributed by atoms with van der Waals surface area (Å²) in [5.74, 6) is 5.55. The molecule has 0 saturated heterocycles. The van der Waals surface area contributed by atoms with Crippen LogP contribution >= 0.6 is 0 Å². The van der Waals surface area contributed by atoms with Gasteiger partial charge in [-0.2, -0.15) is 0 Å². The first kappa shape index (κ1) is 15.7. The van der Waals surface area contributed by atoms with E-state index in [-0.39, 0.29) is 0 Å². The quantitative estimate of drug-likeness (QED) is 0.567. The Morgan fingerprint density at radius 3 is 1.60 bits per heavy atom. The van der Waals surface area contributed by atoms with Crippen molar-refractivity contribution in [3.05, 3.63) is 59.7 Å². The summed E-state index contributed by atoms with van der Waals surface area (Å²) in [4.78, 5) is 0. The number of hydrogen-bond acceptors (Lipinski definition) is 0. The van der Waals surface area contributed by atoms with Gasteiger partial charge in [0.2, 0.25) is 0 Å². The van der Waals surface area contributed by atoms with Crippen molar-refractivity contribution in [2.45, 2.75) is 57.8 Å². The van der Waals surface area contributed by atoms with Gasteiger partial charge in [-0.15, -0.1) is 0 Å². The zero-order chi connectivity index (χ0) is 17.0. The van der Waals surface area contributed by atoms with Gasteiger partial charge in [-0.3, -0.25) is 0 Å². The van der Waals surface area contributed by atoms with Gasteiger partial charge in [-0.05, 0) is 89.9 Å². The maximum absolute atomic E-state index is 2.44. The molecule has 0 heteroatoms. The molecule has 4 aliphatic carbocycles. The molecule has 25 heavy (non-hydrogen) atoms. The molecular weight excluding hydrogens is 300 g/mol. The van der Waals surface area contributed by atoms with Gasteiger partial charge < -0.3 is 0 Å². The third kappa shape index (κ3) is 2.75. The molecule has 0 radical (unpaired) electrons. The van der Waals surface area contributed by atoms with Gasteiger partial charge in [0.15, 0.2) is 0 Å². The summed E-state index contributed by atoms with van der Waals surface area (Å²) in [7, 11) is 0. The van der Waals surface area contributed by atoms with Crippen LogP contribution in [0.15, 0.2) is 48.5 Å². The smallest absolute Gasteiger partial charge is 0.0105 e. The van der Waals surface area contributed by atoms with Gasteiger partial charge in [0.05, 0.1) is 0 Å². The monoisotopic (exact) mass is 330 g/mol. The molecule has 4 aliphatic rings. The molecule has 4 saturated carbocycles. The van der Waals surface area contributed by atoms with Crippen LogP contribution in [0.3, 0.4) is 0 Å². The SMILES string of the molecule is CC(C)c1ccc(-c2ccc(C3C4CC5CC(C4)CC3C5)cc2)cc1. The molecular formula is C25H30. The van der Waals surface area contributed by atoms with Crippen molar-refractivity contribution in [2.24, 2.45) is 23.7 Å². The third-order valence-electron chi connectivity index (χ3n) is 7.43. The van der Waals surface area contributed by atoms with Crippen LogP contribution in [0.4, 0.5) is 0 Å². The largest absolute Gasteiger partial charge is 0.0587 e. The Kier molecular flexibility index (Phi) is 3.77. The number of rotatable bonds is 3. The fourth-order valence-corrected chi connectivity index (χ4v) is 6.43. The molecule has 0 unspecified atom stereocenters. The molecule has 0 nitrogen and oxygen atoms in total. The minimum Gasteiger partial charge on any atom is -0.0587 e. The normalized spacial score (nSPS) is 33.2. The second-order valence-electron chi connectivity index (χ2n) is 9.36. The fraction of sp³-hybridized carbons (Fsp3) is 0.520. The highest BCUT2D eigenvalue weighted by atomic mass is 14.5. The predicted octanol–water partition coefficient (Wildman–Crippen LogP) is 7.02. The maximum atomic E-state index is 2.44. The molecule has 0 amide bonds. The number of benzene rings is 2. The van der Waals surface area contributed by atoms with Crippen LogP contribution in [0.1, 0.15) is 68.9 Å². The van der Waals surface area contributed by atoms with Gasteiger partial charge >= 0.3 is 0 Å². The Labute approximate surface area is 152 Å². The minimum absolute atomic E-state index is 0.605. The van der Waals surface area contributed by atoms with Crippen LogP contribution in [-0.2, 0) is 0 Å². The van der Waals surface area contributed by atoms with Crippen molar-refractivity contribution in [1.82, 2.24) is 0 Å². The summed E-state index contributed by atoms with van der Waals surface area (Å²) >= 11 is 0. The van der Waals surface area contributed by atoms with E-state index in [0.29, 0.717) is 5.92 Å². The van der Waals surface area contributed by atoms with E-state index in [2.05, 4.69) is 62.4 Å². The van der Waals surface area contributed by atoms with Gasteiger partial charge in [0.25, 0.3) is 0 Å². The lowest BCUT2D eigenvalue weighted by atomic mass is 9.51. The molecule has 4 fully saturated rings. The lowest BCUT2D eigenvalue weighted by Crippen LogP contribution is -2.43. The lowest BCUT2D eigenvalue weighted by Gasteiger charge is -2.54. The predicted molar refractivity (Wildman–Crippen MR) is 106 cm³/mol. The molecule has 0 aliphatic heterocycles. The Morgan fingerprint density at radius 1 is 0.640 bits per heavy atom. The van der Waals surface area contributed by atoms with E-state index in [9.17, 15) is 0 Å². The van der Waals surface area contributed by atoms with Crippen LogP contribution in [0.5, 0.6) is 0 Å². The average molecular weight is 331 g/mol. The molecule has 6 rings (SSSR count). The first-order valence-electron chi connectivity index (χ1n) is 10.4. The van der Waals surface area contributed by atoms with Gasteiger partial charge in [0.1, 0.15) is 0 Å². The molecule has 2 aromatic carbocycles. The van der Waals surface area contributed by atoms with E-state index >= 15 is 0 Å². The minimum atomic E-state index is 0.605. The van der Waals surface area contributed by atoms with Crippen molar-refractivity contribution in [2.75, 3.05) is 0 Å². The molecule has 0 aromatic heterocycles. The van der Waals surface area contributed by atoms with E-state index in [4.69, 9.17) is 0 Å². The Hall–Kier alpha value is -1.56. The highest BCUT2D eigenvalue weighted by Crippen LogP contribution is 2.59. The first-order chi connectivity index (χ1) is 12.2. The van der Waals surface area contributed by atoms with Crippen LogP contribution in [0, 0.1) is 23.7 Å². The maximum Gasteiger partial charge on any atom is -0.0105 e. The highest BCUT2D eigenvalue weighted by Gasteiger charge is 2.48. The standard InChI is InChI=1S/C25H30/c1-16(2)19-3-5-20(6-4-19)21-7-9-22(10-8-21)25-23-12-17-11-18(14-23)15-24(25)13-17/h3-10,16-18,23-25H,11-15H2,1-2H3. The van der Waals surface area contributed by atoms with E-state index in [1.807, 2.05) is 0 Å². The van der Waals surface area contributed by atoms with Crippen molar-refractivity contribution in [3.63, 3.8) is 0 Å². The first-order valence-corrected chi connectivity index (χ1v) is 10.4. The molecule has 0 spiro atoms. The summed E-state index contributed by atoms with van der Waals surface area (Å²) in [6.07, 6.45) is 7.59. The summed E-state index contributed by atoms with van der Waals surface area (Å²) in [6.45, 7) is 4.52. The molecule has 0 heterocycles. The summed E-state index contributed by atoms with van der Waals surface area (Å²) in [5.41, 5.74) is 5.76. The van der Waals surface area contributed by atoms with Crippen LogP contribution in [-0.4, -0.2) is 0 Å². The van der Waals surface area contributed by atoms with E-state index in [1.54, 1.807) is 12.0 Å². The molecule has 2 aromatic rings. The topological polar surface area (TPSA) is 0 Å². The van der Waals surface area contributed by atoms with Crippen LogP contribution in [0.25, 0.3) is 11.1 Å². The highest BCUT2D eigenvalue weighted by molar-refractivity contribution is 5.64. The van der Waals surface area contributed by atoms with Gasteiger partial charge in [0, 0.05) is 0 Å². The van der Waals surface area contributed by atoms with Gasteiger partial charge in [-0.1, -0.05) is 62.4 Å². The lowest BCUT2D eigenvalue weighted by molar-refractivity contribution is -0.00277. The third-order valence-corrected chi connectivity index (χ3v) is 7.43. The van der Waals surface area contributed by atoms with Crippen molar-refractivity contribution < 1.29 is 0 Å². The van der Waals surface area contributed by atoms with Crippen molar-refractivity contribution >= 4 is 0 Å². The van der Waals surface area contributed by atoms with Crippen molar-refractivity contribution in [3.8, 4) is 11.1 Å². The zero-order valence-corrected chi connectivity index (χ0v) is 15.6. The Bertz CT molecular complexity index is 707. The molecule has 130 valence electrons. The Balaban J connectivity index is 1.38. The number of hydrogen-bond donors (Lipinski definition) is 0. The van der Waals surface area contributed by atoms with E-state index < -0.39 is 0 Å². The van der Waals surface area contributed by atoms with Crippen LogP contribution in [0.2, 0.25) is 0 Å². The second-order valence-corrected chi connectivity index (χ2v) is 9.36. The van der Waals surface area contributed by atoms with Crippen LogP contribution < -0.4 is 0 Å².